The van der Waals surface area contributed by atoms with Crippen LogP contribution in [0, 0.1) is 0 Å². The quantitative estimate of drug-likeness (QED) is 0.830. The Morgan fingerprint density at radius 3 is 2.48 bits per heavy atom. The third-order valence-electron chi connectivity index (χ3n) is 4.32. The molecule has 1 aromatic carbocycles. The lowest BCUT2D eigenvalue weighted by molar-refractivity contribution is 0.408. The summed E-state index contributed by atoms with van der Waals surface area (Å²) in [7, 11) is -7.47. The van der Waals surface area contributed by atoms with Crippen LogP contribution in [-0.2, 0) is 26.4 Å². The number of rotatable bonds is 5. The van der Waals surface area contributed by atoms with Crippen LogP contribution in [-0.4, -0.2) is 33.7 Å². The Hall–Kier alpha value is -1.26. The Kier molecular flexibility index (Phi) is 5.04. The van der Waals surface area contributed by atoms with Gasteiger partial charge in [0, 0.05) is 24.0 Å². The normalized spacial score (nSPS) is 19.4. The Balaban J connectivity index is 2.02. The third-order valence-corrected chi connectivity index (χ3v) is 9.68. The molecule has 1 aromatic heterocycles. The van der Waals surface area contributed by atoms with Crippen LogP contribution in [0.5, 0.6) is 0 Å². The van der Waals surface area contributed by atoms with Gasteiger partial charge in [0.05, 0.1) is 9.79 Å². The molecule has 2 heterocycles. The van der Waals surface area contributed by atoms with Gasteiger partial charge in [0.15, 0.2) is 0 Å². The van der Waals surface area contributed by atoms with Crippen LogP contribution in [0.4, 0.5) is 0 Å². The highest BCUT2D eigenvalue weighted by molar-refractivity contribution is 7.93. The molecule has 0 aliphatic carbocycles. The molecule has 1 aliphatic rings. The van der Waals surface area contributed by atoms with Gasteiger partial charge in [-0.3, -0.25) is 0 Å². The van der Waals surface area contributed by atoms with E-state index < -0.39 is 19.9 Å². The Morgan fingerprint density at radius 2 is 1.88 bits per heavy atom. The van der Waals surface area contributed by atoms with Crippen LogP contribution >= 0.6 is 11.3 Å². The number of hydrogen-bond donors (Lipinski definition) is 1. The van der Waals surface area contributed by atoms with Gasteiger partial charge in [-0.1, -0.05) is 6.07 Å². The lowest BCUT2D eigenvalue weighted by Gasteiger charge is -2.21. The Bertz CT molecular complexity index is 980. The van der Waals surface area contributed by atoms with Crippen molar-refractivity contribution in [3.05, 3.63) is 41.3 Å². The molecular formula is C16H20N2O4S3. The number of benzene rings is 1. The van der Waals surface area contributed by atoms with Gasteiger partial charge in [0.25, 0.3) is 0 Å². The minimum Gasteiger partial charge on any atom is -0.326 e. The summed E-state index contributed by atoms with van der Waals surface area (Å²) in [5.74, 6) is 0. The van der Waals surface area contributed by atoms with Crippen molar-refractivity contribution in [2.75, 3.05) is 6.54 Å². The molecule has 6 nitrogen and oxygen atoms in total. The highest BCUT2D eigenvalue weighted by atomic mass is 32.2. The van der Waals surface area contributed by atoms with E-state index in [2.05, 4.69) is 0 Å². The molecule has 9 heteroatoms. The number of hydrogen-bond acceptors (Lipinski definition) is 6. The van der Waals surface area contributed by atoms with Crippen molar-refractivity contribution in [3.63, 3.8) is 0 Å². The van der Waals surface area contributed by atoms with Crippen molar-refractivity contribution in [2.45, 2.75) is 46.4 Å². The maximum absolute atomic E-state index is 12.8. The number of nitrogens with zero attached hydrogens (tertiary/aromatic N) is 1. The zero-order chi connectivity index (χ0) is 18.2. The first-order valence-electron chi connectivity index (χ1n) is 7.92. The summed E-state index contributed by atoms with van der Waals surface area (Å²) in [4.78, 5) is 0.747. The van der Waals surface area contributed by atoms with Crippen molar-refractivity contribution in [3.8, 4) is 0 Å². The largest absolute Gasteiger partial charge is 0.326 e. The van der Waals surface area contributed by atoms with E-state index in [1.807, 2.05) is 6.92 Å². The summed E-state index contributed by atoms with van der Waals surface area (Å²) in [6, 6.07) is 8.68. The molecule has 0 amide bonds. The number of sulfone groups is 1. The molecule has 1 aliphatic heterocycles. The van der Waals surface area contributed by atoms with Gasteiger partial charge in [-0.05, 0) is 50.1 Å². The molecule has 2 N–H and O–H groups in total. The van der Waals surface area contributed by atoms with Crippen molar-refractivity contribution in [1.29, 1.82) is 0 Å². The van der Waals surface area contributed by atoms with Crippen LogP contribution in [0.1, 0.15) is 24.6 Å². The molecule has 2 aromatic rings. The highest BCUT2D eigenvalue weighted by Gasteiger charge is 2.33. The van der Waals surface area contributed by atoms with Gasteiger partial charge in [-0.2, -0.15) is 4.31 Å². The van der Waals surface area contributed by atoms with Gasteiger partial charge >= 0.3 is 0 Å². The van der Waals surface area contributed by atoms with E-state index in [0.717, 1.165) is 29.1 Å². The first kappa shape index (κ1) is 18.5. The fraction of sp³-hybridized carbons (Fsp3) is 0.375. The van der Waals surface area contributed by atoms with Crippen LogP contribution in [0.15, 0.2) is 50.4 Å². The smallest absolute Gasteiger partial charge is 0.243 e. The topological polar surface area (TPSA) is 97.5 Å². The van der Waals surface area contributed by atoms with Crippen molar-refractivity contribution in [2.24, 2.45) is 5.73 Å². The van der Waals surface area contributed by atoms with Crippen molar-refractivity contribution in [1.82, 2.24) is 4.31 Å². The Labute approximate surface area is 152 Å². The maximum atomic E-state index is 12.8. The summed E-state index contributed by atoms with van der Waals surface area (Å²) in [6.45, 7) is 2.60. The maximum Gasteiger partial charge on any atom is 0.243 e. The van der Waals surface area contributed by atoms with Gasteiger partial charge < -0.3 is 5.73 Å². The van der Waals surface area contributed by atoms with Crippen LogP contribution < -0.4 is 5.73 Å². The zero-order valence-corrected chi connectivity index (χ0v) is 16.2. The minimum atomic E-state index is -3.77. The average molecular weight is 401 g/mol. The molecule has 0 unspecified atom stereocenters. The molecule has 1 atom stereocenters. The van der Waals surface area contributed by atoms with Crippen LogP contribution in [0.3, 0.4) is 0 Å². The molecule has 0 radical (unpaired) electrons. The second-order valence-electron chi connectivity index (χ2n) is 6.01. The standard InChI is InChI=1S/C16H20N2O4S3/c1-12-4-3-9-18(12)25(21,22)15-6-2-5-14(10-15)24(19,20)16-8-7-13(11-17)23-16/h2,5-8,10,12H,3-4,9,11,17H2,1H3/t12-/m0/s1. The second-order valence-corrected chi connectivity index (χ2v) is 11.2. The Morgan fingerprint density at radius 1 is 1.16 bits per heavy atom. The summed E-state index contributed by atoms with van der Waals surface area (Å²) in [5, 5.41) is 0. The predicted octanol–water partition coefficient (Wildman–Crippen LogP) is 2.21. The zero-order valence-electron chi connectivity index (χ0n) is 13.8. The summed E-state index contributed by atoms with van der Waals surface area (Å²) >= 11 is 1.10. The molecule has 25 heavy (non-hydrogen) atoms. The second kappa shape index (κ2) is 6.81. The number of thiophene rings is 1. The first-order chi connectivity index (χ1) is 11.8. The van der Waals surface area contributed by atoms with Gasteiger partial charge in [0.1, 0.15) is 4.21 Å². The van der Waals surface area contributed by atoms with E-state index in [0.29, 0.717) is 6.54 Å². The van der Waals surface area contributed by atoms with Crippen LogP contribution in [0.2, 0.25) is 0 Å². The van der Waals surface area contributed by atoms with E-state index in [-0.39, 0.29) is 26.6 Å². The average Bonchev–Trinajstić information content (AvgIpc) is 3.24. The molecular weight excluding hydrogens is 380 g/mol. The first-order valence-corrected chi connectivity index (χ1v) is 11.7. The number of nitrogens with two attached hydrogens (primary N) is 1. The summed E-state index contributed by atoms with van der Waals surface area (Å²) in [6.07, 6.45) is 1.63. The fourth-order valence-corrected chi connectivity index (χ4v) is 7.43. The minimum absolute atomic E-state index is 0.0120. The van der Waals surface area contributed by atoms with Crippen molar-refractivity contribution < 1.29 is 16.8 Å². The highest BCUT2D eigenvalue weighted by Crippen LogP contribution is 2.31. The summed E-state index contributed by atoms with van der Waals surface area (Å²) in [5.41, 5.74) is 5.54. The van der Waals surface area contributed by atoms with Gasteiger partial charge in [-0.25, -0.2) is 16.8 Å². The van der Waals surface area contributed by atoms with Gasteiger partial charge in [0.2, 0.25) is 19.9 Å². The molecule has 3 rings (SSSR count). The van der Waals surface area contributed by atoms with E-state index in [1.165, 1.54) is 34.6 Å². The molecule has 0 spiro atoms. The predicted molar refractivity (Wildman–Crippen MR) is 96.7 cm³/mol. The third kappa shape index (κ3) is 3.39. The molecule has 1 saturated heterocycles. The van der Waals surface area contributed by atoms with Crippen molar-refractivity contribution >= 4 is 31.2 Å². The molecule has 1 fully saturated rings. The molecule has 0 bridgehead atoms. The van der Waals surface area contributed by atoms with E-state index in [9.17, 15) is 16.8 Å². The van der Waals surface area contributed by atoms with E-state index in [4.69, 9.17) is 5.73 Å². The lowest BCUT2D eigenvalue weighted by Crippen LogP contribution is -2.33. The van der Waals surface area contributed by atoms with Crippen LogP contribution in [0.25, 0.3) is 0 Å². The molecule has 136 valence electrons. The SMILES string of the molecule is C[C@H]1CCCN1S(=O)(=O)c1cccc(S(=O)(=O)c2ccc(CN)s2)c1. The van der Waals surface area contributed by atoms with E-state index >= 15 is 0 Å². The molecule has 0 saturated carbocycles. The van der Waals surface area contributed by atoms with E-state index in [1.54, 1.807) is 6.07 Å². The van der Waals surface area contributed by atoms with Gasteiger partial charge in [-0.15, -0.1) is 11.3 Å². The summed E-state index contributed by atoms with van der Waals surface area (Å²) < 4.78 is 52.8. The fourth-order valence-electron chi connectivity index (χ4n) is 2.93. The number of sulfonamides is 1. The monoisotopic (exact) mass is 400 g/mol. The lowest BCUT2D eigenvalue weighted by atomic mass is 10.3.